The molecular formula is C17H32N8O6. The van der Waals surface area contributed by atoms with Crippen LogP contribution in [-0.4, -0.2) is 71.4 Å². The molecule has 0 radical (unpaired) electrons. The topological polar surface area (TPSA) is 258 Å². The molecule has 0 aromatic rings. The lowest BCUT2D eigenvalue weighted by Gasteiger charge is -2.23. The van der Waals surface area contributed by atoms with Gasteiger partial charge in [-0.25, -0.2) is 0 Å². The number of carboxylic acid groups (broad SMARTS) is 1. The summed E-state index contributed by atoms with van der Waals surface area (Å²) >= 11 is 0. The van der Waals surface area contributed by atoms with Crippen molar-refractivity contribution in [1.82, 2.24) is 16.0 Å². The van der Waals surface area contributed by atoms with Crippen LogP contribution in [-0.2, 0) is 24.0 Å². The first-order chi connectivity index (χ1) is 14.3. The summed E-state index contributed by atoms with van der Waals surface area (Å²) < 4.78 is 0. The third-order valence-corrected chi connectivity index (χ3v) is 4.10. The van der Waals surface area contributed by atoms with Crippen LogP contribution >= 0.6 is 0 Å². The van der Waals surface area contributed by atoms with Gasteiger partial charge in [0.25, 0.3) is 0 Å². The molecule has 4 unspecified atom stereocenters. The Balaban J connectivity index is 4.95. The van der Waals surface area contributed by atoms with E-state index in [-0.39, 0.29) is 31.8 Å². The van der Waals surface area contributed by atoms with Crippen molar-refractivity contribution in [1.29, 1.82) is 0 Å². The van der Waals surface area contributed by atoms with Crippen LogP contribution in [0.3, 0.4) is 0 Å². The molecule has 176 valence electrons. The molecule has 0 bridgehead atoms. The third kappa shape index (κ3) is 12.0. The highest BCUT2D eigenvalue weighted by Crippen LogP contribution is 2.02. The molecular weight excluding hydrogens is 412 g/mol. The number of rotatable bonds is 14. The number of nitrogens with one attached hydrogen (secondary N) is 3. The molecule has 0 saturated heterocycles. The molecule has 14 heteroatoms. The van der Waals surface area contributed by atoms with E-state index in [9.17, 15) is 24.0 Å². The van der Waals surface area contributed by atoms with Gasteiger partial charge in [0.1, 0.15) is 18.1 Å². The second-order valence-electron chi connectivity index (χ2n) is 6.92. The molecule has 4 atom stereocenters. The van der Waals surface area contributed by atoms with Crippen molar-refractivity contribution in [3.8, 4) is 0 Å². The molecule has 0 aliphatic carbocycles. The number of hydrogen-bond donors (Lipinski definition) is 8. The first-order valence-corrected chi connectivity index (χ1v) is 9.58. The number of hydrogen-bond acceptors (Lipinski definition) is 7. The maximum Gasteiger partial charge on any atom is 0.325 e. The summed E-state index contributed by atoms with van der Waals surface area (Å²) in [6, 6.07) is -4.41. The number of carboxylic acids is 1. The Morgan fingerprint density at radius 3 is 1.97 bits per heavy atom. The molecule has 31 heavy (non-hydrogen) atoms. The lowest BCUT2D eigenvalue weighted by Crippen LogP contribution is -2.56. The van der Waals surface area contributed by atoms with Crippen molar-refractivity contribution < 1.29 is 29.1 Å². The number of aliphatic imine (C=N–C) groups is 1. The number of nitrogens with zero attached hydrogens (tertiary/aromatic N) is 1. The lowest BCUT2D eigenvalue weighted by atomic mass is 10.1. The van der Waals surface area contributed by atoms with E-state index < -0.39 is 53.8 Å². The summed E-state index contributed by atoms with van der Waals surface area (Å²) in [6.07, 6.45) is 0.338. The fourth-order valence-electron chi connectivity index (χ4n) is 2.26. The Morgan fingerprint density at radius 2 is 1.45 bits per heavy atom. The van der Waals surface area contributed by atoms with Gasteiger partial charge in [-0.05, 0) is 33.1 Å². The molecule has 0 aliphatic heterocycles. The minimum Gasteiger partial charge on any atom is -0.480 e. The van der Waals surface area contributed by atoms with Gasteiger partial charge in [-0.1, -0.05) is 0 Å². The molecule has 0 heterocycles. The summed E-state index contributed by atoms with van der Waals surface area (Å²) in [6.45, 7) is 2.87. The van der Waals surface area contributed by atoms with Crippen molar-refractivity contribution in [2.75, 3.05) is 6.54 Å². The van der Waals surface area contributed by atoms with E-state index >= 15 is 0 Å². The maximum absolute atomic E-state index is 12.5. The van der Waals surface area contributed by atoms with Crippen LogP contribution < -0.4 is 38.9 Å². The lowest BCUT2D eigenvalue weighted by molar-refractivity contribution is -0.141. The smallest absolute Gasteiger partial charge is 0.325 e. The Bertz CT molecular complexity index is 694. The first-order valence-electron chi connectivity index (χ1n) is 9.58. The quantitative estimate of drug-likeness (QED) is 0.0741. The predicted octanol–water partition coefficient (Wildman–Crippen LogP) is -3.79. The Labute approximate surface area is 179 Å². The third-order valence-electron chi connectivity index (χ3n) is 4.10. The van der Waals surface area contributed by atoms with E-state index in [1.165, 1.54) is 13.8 Å². The monoisotopic (exact) mass is 444 g/mol. The Morgan fingerprint density at radius 1 is 0.871 bits per heavy atom. The van der Waals surface area contributed by atoms with E-state index in [1.54, 1.807) is 0 Å². The molecule has 0 aliphatic rings. The zero-order valence-corrected chi connectivity index (χ0v) is 17.6. The van der Waals surface area contributed by atoms with Crippen molar-refractivity contribution >= 4 is 35.6 Å². The standard InChI is InChI=1S/C17H32N8O6/c1-8(13(27)24-9(2)16(30)31)23-15(29)11(5-6-12(19)26)25-14(28)10(18)4-3-7-22-17(20)21/h8-11H,3-7,18H2,1-2H3,(H2,19,26)(H,23,29)(H,24,27)(H,25,28)(H,30,31)(H4,20,21,22). The maximum atomic E-state index is 12.5. The van der Waals surface area contributed by atoms with E-state index in [4.69, 9.17) is 28.0 Å². The average molecular weight is 444 g/mol. The van der Waals surface area contributed by atoms with Crippen molar-refractivity contribution in [3.05, 3.63) is 0 Å². The Hall–Kier alpha value is -3.42. The van der Waals surface area contributed by atoms with Crippen LogP contribution in [0.2, 0.25) is 0 Å². The number of amides is 4. The zero-order chi connectivity index (χ0) is 24.1. The highest BCUT2D eigenvalue weighted by molar-refractivity contribution is 5.94. The van der Waals surface area contributed by atoms with Gasteiger partial charge in [0, 0.05) is 13.0 Å². The molecule has 0 spiro atoms. The minimum absolute atomic E-state index is 0.0860. The van der Waals surface area contributed by atoms with Gasteiger partial charge in [-0.15, -0.1) is 0 Å². The highest BCUT2D eigenvalue weighted by Gasteiger charge is 2.27. The highest BCUT2D eigenvalue weighted by atomic mass is 16.4. The van der Waals surface area contributed by atoms with Gasteiger partial charge in [0.15, 0.2) is 5.96 Å². The number of carbonyl (C=O) groups is 5. The number of primary amides is 1. The van der Waals surface area contributed by atoms with Gasteiger partial charge < -0.3 is 44.0 Å². The second-order valence-corrected chi connectivity index (χ2v) is 6.92. The summed E-state index contributed by atoms with van der Waals surface area (Å²) in [5, 5.41) is 15.8. The van der Waals surface area contributed by atoms with E-state index in [0.29, 0.717) is 6.42 Å². The van der Waals surface area contributed by atoms with Gasteiger partial charge in [0.2, 0.25) is 23.6 Å². The molecule has 0 rings (SSSR count). The molecule has 0 saturated carbocycles. The van der Waals surface area contributed by atoms with Gasteiger partial charge in [0.05, 0.1) is 6.04 Å². The zero-order valence-electron chi connectivity index (χ0n) is 17.6. The van der Waals surface area contributed by atoms with Crippen LogP contribution in [0.15, 0.2) is 4.99 Å². The van der Waals surface area contributed by atoms with Crippen LogP contribution in [0.4, 0.5) is 0 Å². The van der Waals surface area contributed by atoms with E-state index in [0.717, 1.165) is 0 Å². The van der Waals surface area contributed by atoms with Crippen molar-refractivity contribution in [2.45, 2.75) is 63.7 Å². The fourth-order valence-corrected chi connectivity index (χ4v) is 2.26. The molecule has 12 N–H and O–H groups in total. The van der Waals surface area contributed by atoms with Crippen molar-refractivity contribution in [2.24, 2.45) is 27.9 Å². The van der Waals surface area contributed by atoms with Gasteiger partial charge in [-0.2, -0.15) is 0 Å². The fraction of sp³-hybridized carbons (Fsp3) is 0.647. The molecule has 14 nitrogen and oxygen atoms in total. The Kier molecular flexibility index (Phi) is 12.2. The van der Waals surface area contributed by atoms with E-state index in [1.807, 2.05) is 0 Å². The number of aliphatic carboxylic acids is 1. The van der Waals surface area contributed by atoms with E-state index in [2.05, 4.69) is 20.9 Å². The van der Waals surface area contributed by atoms with Crippen LogP contribution in [0.25, 0.3) is 0 Å². The largest absolute Gasteiger partial charge is 0.480 e. The summed E-state index contributed by atoms with van der Waals surface area (Å²) in [5.41, 5.74) is 21.3. The summed E-state index contributed by atoms with van der Waals surface area (Å²) in [4.78, 5) is 62.5. The molecule has 4 amide bonds. The summed E-state index contributed by atoms with van der Waals surface area (Å²) in [7, 11) is 0. The first kappa shape index (κ1) is 27.6. The second kappa shape index (κ2) is 13.7. The predicted molar refractivity (Wildman–Crippen MR) is 111 cm³/mol. The van der Waals surface area contributed by atoms with Crippen LogP contribution in [0.1, 0.15) is 39.5 Å². The minimum atomic E-state index is -1.24. The number of guanidine groups is 1. The average Bonchev–Trinajstić information content (AvgIpc) is 2.67. The van der Waals surface area contributed by atoms with Gasteiger partial charge in [-0.3, -0.25) is 29.0 Å². The molecule has 0 fully saturated rings. The summed E-state index contributed by atoms with van der Waals surface area (Å²) in [5.74, 6) is -4.16. The number of nitrogens with two attached hydrogens (primary N) is 4. The van der Waals surface area contributed by atoms with Crippen LogP contribution in [0, 0.1) is 0 Å². The normalized spacial score (nSPS) is 14.3. The van der Waals surface area contributed by atoms with Crippen LogP contribution in [0.5, 0.6) is 0 Å². The SMILES string of the molecule is CC(NC(=O)C(C)NC(=O)C(CCC(N)=O)NC(=O)C(N)CCCN=C(N)N)C(=O)O. The molecule has 0 aromatic heterocycles. The van der Waals surface area contributed by atoms with Crippen molar-refractivity contribution in [3.63, 3.8) is 0 Å². The molecule has 0 aromatic carbocycles. The van der Waals surface area contributed by atoms with Gasteiger partial charge >= 0.3 is 5.97 Å². The number of carbonyl (C=O) groups excluding carboxylic acids is 4.